The maximum atomic E-state index is 12.9. The van der Waals surface area contributed by atoms with Crippen molar-refractivity contribution in [1.82, 2.24) is 5.32 Å². The molecule has 168 valence electrons. The molecule has 0 aliphatic heterocycles. The van der Waals surface area contributed by atoms with E-state index in [4.69, 9.17) is 21.1 Å². The smallest absolute Gasteiger partial charge is 0.325 e. The lowest BCUT2D eigenvalue weighted by molar-refractivity contribution is -0.152. The molecule has 8 heteroatoms. The number of esters is 1. The summed E-state index contributed by atoms with van der Waals surface area (Å²) < 4.78 is 10.3. The summed E-state index contributed by atoms with van der Waals surface area (Å²) in [6, 6.07) is 3.30. The van der Waals surface area contributed by atoms with Crippen molar-refractivity contribution in [2.45, 2.75) is 45.4 Å². The number of aryl methyl sites for hydroxylation is 1. The molecule has 0 aromatic heterocycles. The van der Waals surface area contributed by atoms with Gasteiger partial charge in [-0.25, -0.2) is 0 Å². The van der Waals surface area contributed by atoms with Crippen LogP contribution >= 0.6 is 11.6 Å². The minimum absolute atomic E-state index is 0.0330. The Bertz CT molecular complexity index is 865. The third-order valence-corrected chi connectivity index (χ3v) is 7.44. The molecule has 1 aromatic carbocycles. The van der Waals surface area contributed by atoms with Gasteiger partial charge in [-0.05, 0) is 74.8 Å². The van der Waals surface area contributed by atoms with Crippen LogP contribution in [0.25, 0.3) is 0 Å². The Morgan fingerprint density at radius 1 is 1.10 bits per heavy atom. The fourth-order valence-electron chi connectivity index (χ4n) is 6.04. The van der Waals surface area contributed by atoms with Crippen molar-refractivity contribution in [2.75, 3.05) is 25.6 Å². The van der Waals surface area contributed by atoms with Crippen LogP contribution < -0.4 is 15.4 Å². The van der Waals surface area contributed by atoms with Gasteiger partial charge in [-0.3, -0.25) is 14.4 Å². The van der Waals surface area contributed by atoms with E-state index in [0.29, 0.717) is 34.2 Å². The zero-order chi connectivity index (χ0) is 22.2. The first kappa shape index (κ1) is 21.9. The highest BCUT2D eigenvalue weighted by molar-refractivity contribution is 6.31. The van der Waals surface area contributed by atoms with Crippen molar-refractivity contribution in [3.05, 3.63) is 22.7 Å². The molecule has 4 saturated carbocycles. The number of amides is 2. The molecule has 4 fully saturated rings. The number of carbonyl (C=O) groups excluding carboxylic acids is 3. The maximum Gasteiger partial charge on any atom is 0.325 e. The lowest BCUT2D eigenvalue weighted by atomic mass is 9.49. The van der Waals surface area contributed by atoms with Gasteiger partial charge in [-0.1, -0.05) is 11.6 Å². The predicted octanol–water partition coefficient (Wildman–Crippen LogP) is 3.47. The van der Waals surface area contributed by atoms with Gasteiger partial charge in [0, 0.05) is 16.5 Å². The van der Waals surface area contributed by atoms with E-state index in [1.165, 1.54) is 26.4 Å². The molecule has 2 N–H and O–H groups in total. The van der Waals surface area contributed by atoms with Crippen LogP contribution in [0, 0.1) is 30.1 Å². The normalized spacial score (nSPS) is 28.2. The largest absolute Gasteiger partial charge is 0.495 e. The van der Waals surface area contributed by atoms with E-state index in [9.17, 15) is 14.4 Å². The van der Waals surface area contributed by atoms with E-state index < -0.39 is 18.5 Å². The SMILES string of the molecule is COc1cc(Cl)c(C)cc1NC(=O)COC(=O)CNC(=O)C12CC3CC(CC(C3)C1)C2. The predicted molar refractivity (Wildman–Crippen MR) is 116 cm³/mol. The summed E-state index contributed by atoms with van der Waals surface area (Å²) in [6.45, 7) is 1.14. The zero-order valence-electron chi connectivity index (χ0n) is 18.0. The molecule has 7 nitrogen and oxygen atoms in total. The van der Waals surface area contributed by atoms with E-state index in [1.54, 1.807) is 12.1 Å². The highest BCUT2D eigenvalue weighted by atomic mass is 35.5. The summed E-state index contributed by atoms with van der Waals surface area (Å²) in [6.07, 6.45) is 6.56. The number of benzene rings is 1. The minimum Gasteiger partial charge on any atom is -0.495 e. The molecule has 31 heavy (non-hydrogen) atoms. The first-order valence-electron chi connectivity index (χ1n) is 10.9. The van der Waals surface area contributed by atoms with Crippen molar-refractivity contribution in [1.29, 1.82) is 0 Å². The molecule has 4 aliphatic carbocycles. The lowest BCUT2D eigenvalue weighted by Crippen LogP contribution is -2.54. The number of hydrogen-bond acceptors (Lipinski definition) is 5. The van der Waals surface area contributed by atoms with Crippen molar-refractivity contribution in [3.8, 4) is 5.75 Å². The van der Waals surface area contributed by atoms with Crippen LogP contribution in [0.1, 0.15) is 44.1 Å². The van der Waals surface area contributed by atoms with E-state index >= 15 is 0 Å². The second-order valence-corrected chi connectivity index (χ2v) is 9.80. The molecule has 0 heterocycles. The first-order chi connectivity index (χ1) is 14.8. The second kappa shape index (κ2) is 8.69. The van der Waals surface area contributed by atoms with Crippen molar-refractivity contribution >= 4 is 35.1 Å². The third kappa shape index (κ3) is 4.66. The van der Waals surface area contributed by atoms with E-state index in [1.807, 2.05) is 6.92 Å². The molecule has 1 aromatic rings. The Morgan fingerprint density at radius 3 is 2.29 bits per heavy atom. The molecule has 0 radical (unpaired) electrons. The number of carbonyl (C=O) groups is 3. The summed E-state index contributed by atoms with van der Waals surface area (Å²) in [5, 5.41) is 5.94. The fourth-order valence-corrected chi connectivity index (χ4v) is 6.20. The van der Waals surface area contributed by atoms with Gasteiger partial charge in [0.05, 0.1) is 12.8 Å². The van der Waals surface area contributed by atoms with Crippen LogP contribution in [0.4, 0.5) is 5.69 Å². The van der Waals surface area contributed by atoms with E-state index in [-0.39, 0.29) is 17.9 Å². The average molecular weight is 449 g/mol. The average Bonchev–Trinajstić information content (AvgIpc) is 2.72. The van der Waals surface area contributed by atoms with Crippen LogP contribution in [-0.4, -0.2) is 38.0 Å². The summed E-state index contributed by atoms with van der Waals surface area (Å²) in [7, 11) is 1.48. The molecule has 0 spiro atoms. The molecule has 2 amide bonds. The van der Waals surface area contributed by atoms with Gasteiger partial charge in [0.25, 0.3) is 5.91 Å². The van der Waals surface area contributed by atoms with Crippen molar-refractivity contribution < 1.29 is 23.9 Å². The molecular formula is C23H29ClN2O5. The number of halogens is 1. The van der Waals surface area contributed by atoms with Crippen molar-refractivity contribution in [3.63, 3.8) is 0 Å². The Labute approximate surface area is 187 Å². The third-order valence-electron chi connectivity index (χ3n) is 7.03. The molecule has 4 aliphatic rings. The quantitative estimate of drug-likeness (QED) is 0.623. The fraction of sp³-hybridized carbons (Fsp3) is 0.609. The minimum atomic E-state index is -0.632. The number of methoxy groups -OCH3 is 1. The Hall–Kier alpha value is -2.28. The van der Waals surface area contributed by atoms with Gasteiger partial charge < -0.3 is 20.1 Å². The summed E-state index contributed by atoms with van der Waals surface area (Å²) in [4.78, 5) is 37.2. The van der Waals surface area contributed by atoms with Crippen LogP contribution in [0.3, 0.4) is 0 Å². The van der Waals surface area contributed by atoms with Crippen LogP contribution in [0.2, 0.25) is 5.02 Å². The molecule has 0 atom stereocenters. The van der Waals surface area contributed by atoms with Gasteiger partial charge in [-0.2, -0.15) is 0 Å². The van der Waals surface area contributed by atoms with E-state index in [0.717, 1.165) is 24.8 Å². The van der Waals surface area contributed by atoms with Gasteiger partial charge in [-0.15, -0.1) is 0 Å². The number of hydrogen-bond donors (Lipinski definition) is 2. The Morgan fingerprint density at radius 2 is 1.71 bits per heavy atom. The highest BCUT2D eigenvalue weighted by Crippen LogP contribution is 2.60. The van der Waals surface area contributed by atoms with Crippen LogP contribution in [0.15, 0.2) is 12.1 Å². The van der Waals surface area contributed by atoms with Gasteiger partial charge in [0.2, 0.25) is 5.91 Å². The van der Waals surface area contributed by atoms with Crippen LogP contribution in [0.5, 0.6) is 5.75 Å². The molecule has 0 saturated heterocycles. The standard InChI is InChI=1S/C23H29ClN2O5/c1-13-3-18(19(30-2)7-17(13)24)26-20(27)12-31-21(28)11-25-22(29)23-8-14-4-15(9-23)6-16(5-14)10-23/h3,7,14-16H,4-6,8-12H2,1-2H3,(H,25,29)(H,26,27). The lowest BCUT2D eigenvalue weighted by Gasteiger charge is -2.55. The van der Waals surface area contributed by atoms with E-state index in [2.05, 4.69) is 10.6 Å². The first-order valence-corrected chi connectivity index (χ1v) is 11.2. The van der Waals surface area contributed by atoms with Gasteiger partial charge in [0.1, 0.15) is 12.3 Å². The molecule has 4 bridgehead atoms. The highest BCUT2D eigenvalue weighted by Gasteiger charge is 2.54. The zero-order valence-corrected chi connectivity index (χ0v) is 18.7. The summed E-state index contributed by atoms with van der Waals surface area (Å²) in [5.41, 5.74) is 0.915. The Kier molecular flexibility index (Phi) is 6.15. The number of ether oxygens (including phenoxy) is 2. The topological polar surface area (TPSA) is 93.7 Å². The number of anilines is 1. The Balaban J connectivity index is 1.24. The number of nitrogens with one attached hydrogen (secondary N) is 2. The van der Waals surface area contributed by atoms with Crippen molar-refractivity contribution in [2.24, 2.45) is 23.2 Å². The summed E-state index contributed by atoms with van der Waals surface area (Å²) in [5.74, 6) is 1.21. The molecular weight excluding hydrogens is 420 g/mol. The van der Waals surface area contributed by atoms with Gasteiger partial charge in [0.15, 0.2) is 6.61 Å². The second-order valence-electron chi connectivity index (χ2n) is 9.39. The molecule has 5 rings (SSSR count). The van der Waals surface area contributed by atoms with Gasteiger partial charge >= 0.3 is 5.97 Å². The maximum absolute atomic E-state index is 12.9. The monoisotopic (exact) mass is 448 g/mol. The summed E-state index contributed by atoms with van der Waals surface area (Å²) >= 11 is 6.07. The van der Waals surface area contributed by atoms with Crippen LogP contribution in [-0.2, 0) is 19.1 Å². The number of rotatable bonds is 7. The molecule has 0 unspecified atom stereocenters.